The molecule has 0 saturated carbocycles. The number of nitrogens with zero attached hydrogens (tertiary/aromatic N) is 4. The summed E-state index contributed by atoms with van der Waals surface area (Å²) in [6.07, 6.45) is 0. The molecule has 1 N–H and O–H groups in total. The molecule has 8 nitrogen and oxygen atoms in total. The van der Waals surface area contributed by atoms with E-state index in [1.807, 2.05) is 0 Å². The third kappa shape index (κ3) is 3.26. The van der Waals surface area contributed by atoms with E-state index in [2.05, 4.69) is 31.6 Å². The molecule has 4 rings (SSSR count). The second-order valence-corrected chi connectivity index (χ2v) is 7.15. The molecule has 142 valence electrons. The summed E-state index contributed by atoms with van der Waals surface area (Å²) in [6.45, 7) is -0.297. The number of benzene rings is 2. The predicted octanol–water partition coefficient (Wildman–Crippen LogP) is 2.52. The third-order valence-corrected chi connectivity index (χ3v) is 4.89. The van der Waals surface area contributed by atoms with E-state index in [1.54, 1.807) is 24.3 Å². The van der Waals surface area contributed by atoms with Gasteiger partial charge in [-0.2, -0.15) is 5.11 Å². The van der Waals surface area contributed by atoms with Gasteiger partial charge < -0.3 is 5.32 Å². The fraction of sp³-hybridized carbons (Fsp3) is 0.167. The highest BCUT2D eigenvalue weighted by atomic mass is 79.9. The van der Waals surface area contributed by atoms with Crippen LogP contribution in [-0.2, 0) is 14.4 Å². The van der Waals surface area contributed by atoms with Crippen molar-refractivity contribution in [1.29, 1.82) is 0 Å². The highest BCUT2D eigenvalue weighted by Gasteiger charge is 2.55. The van der Waals surface area contributed by atoms with E-state index >= 15 is 0 Å². The second kappa shape index (κ2) is 7.12. The van der Waals surface area contributed by atoms with Crippen molar-refractivity contribution < 1.29 is 18.8 Å². The first-order valence-electron chi connectivity index (χ1n) is 8.30. The summed E-state index contributed by atoms with van der Waals surface area (Å²) in [5.41, 5.74) is 0.704. The lowest BCUT2D eigenvalue weighted by atomic mass is 10.1. The average molecular weight is 446 g/mol. The van der Waals surface area contributed by atoms with Crippen molar-refractivity contribution in [3.8, 4) is 0 Å². The molecule has 0 aromatic heterocycles. The number of hydrogen-bond donors (Lipinski definition) is 1. The quantitative estimate of drug-likeness (QED) is 0.731. The largest absolute Gasteiger partial charge is 0.324 e. The fourth-order valence-electron chi connectivity index (χ4n) is 3.11. The number of imide groups is 1. The molecule has 3 amide bonds. The topological polar surface area (TPSA) is 94.4 Å². The zero-order valence-electron chi connectivity index (χ0n) is 14.3. The summed E-state index contributed by atoms with van der Waals surface area (Å²) in [4.78, 5) is 38.7. The zero-order valence-corrected chi connectivity index (χ0v) is 15.8. The number of fused-ring (bicyclic) bond motifs is 1. The first-order valence-corrected chi connectivity index (χ1v) is 9.09. The maximum Gasteiger partial charge on any atom is 0.263 e. The first-order chi connectivity index (χ1) is 13.4. The Morgan fingerprint density at radius 1 is 1.14 bits per heavy atom. The SMILES string of the molecule is O=C(CN1N=NC2C(=O)N(c3ccc(Br)cc3)C(=O)C21)Nc1cccc(F)c1. The van der Waals surface area contributed by atoms with E-state index in [9.17, 15) is 18.8 Å². The highest BCUT2D eigenvalue weighted by molar-refractivity contribution is 9.10. The molecule has 1 fully saturated rings. The van der Waals surface area contributed by atoms with E-state index in [0.29, 0.717) is 5.69 Å². The number of hydrogen-bond acceptors (Lipinski definition) is 6. The molecule has 0 radical (unpaired) electrons. The summed E-state index contributed by atoms with van der Waals surface area (Å²) in [5.74, 6) is -1.98. The lowest BCUT2D eigenvalue weighted by Crippen LogP contribution is -2.43. The Balaban J connectivity index is 1.48. The summed E-state index contributed by atoms with van der Waals surface area (Å²) < 4.78 is 14.0. The van der Waals surface area contributed by atoms with Crippen LogP contribution >= 0.6 is 15.9 Å². The van der Waals surface area contributed by atoms with Gasteiger partial charge in [-0.1, -0.05) is 27.2 Å². The van der Waals surface area contributed by atoms with Gasteiger partial charge >= 0.3 is 0 Å². The van der Waals surface area contributed by atoms with Crippen molar-refractivity contribution in [2.45, 2.75) is 12.1 Å². The molecular formula is C18H13BrFN5O3. The first kappa shape index (κ1) is 18.2. The molecule has 1 saturated heterocycles. The van der Waals surface area contributed by atoms with Gasteiger partial charge in [0.25, 0.3) is 11.8 Å². The van der Waals surface area contributed by atoms with Gasteiger partial charge in [0.2, 0.25) is 5.91 Å². The minimum atomic E-state index is -0.988. The molecule has 2 aliphatic heterocycles. The van der Waals surface area contributed by atoms with Gasteiger partial charge in [0.15, 0.2) is 12.1 Å². The third-order valence-electron chi connectivity index (χ3n) is 4.36. The van der Waals surface area contributed by atoms with Crippen LogP contribution in [0.5, 0.6) is 0 Å². The Bertz CT molecular complexity index is 997. The molecule has 0 aliphatic carbocycles. The lowest BCUT2D eigenvalue weighted by molar-refractivity contribution is -0.123. The van der Waals surface area contributed by atoms with E-state index in [1.165, 1.54) is 29.3 Å². The molecule has 28 heavy (non-hydrogen) atoms. The smallest absolute Gasteiger partial charge is 0.263 e. The van der Waals surface area contributed by atoms with Crippen LogP contribution in [0.4, 0.5) is 15.8 Å². The molecule has 2 aromatic rings. The van der Waals surface area contributed by atoms with Crippen molar-refractivity contribution in [1.82, 2.24) is 5.01 Å². The van der Waals surface area contributed by atoms with Gasteiger partial charge in [-0.05, 0) is 42.5 Å². The Kier molecular flexibility index (Phi) is 4.63. The second-order valence-electron chi connectivity index (χ2n) is 6.24. The number of carbonyl (C=O) groups excluding carboxylic acids is 3. The maximum absolute atomic E-state index is 13.2. The number of nitrogens with one attached hydrogen (secondary N) is 1. The van der Waals surface area contributed by atoms with E-state index in [0.717, 1.165) is 9.37 Å². The van der Waals surface area contributed by atoms with Crippen molar-refractivity contribution in [2.75, 3.05) is 16.8 Å². The monoisotopic (exact) mass is 445 g/mol. The molecule has 2 atom stereocenters. The predicted molar refractivity (Wildman–Crippen MR) is 101 cm³/mol. The van der Waals surface area contributed by atoms with E-state index < -0.39 is 35.6 Å². The molecule has 10 heteroatoms. The van der Waals surface area contributed by atoms with Crippen LogP contribution in [0.3, 0.4) is 0 Å². The van der Waals surface area contributed by atoms with Crippen LogP contribution in [0.1, 0.15) is 0 Å². The minimum Gasteiger partial charge on any atom is -0.324 e. The Morgan fingerprint density at radius 2 is 1.89 bits per heavy atom. The molecule has 2 unspecified atom stereocenters. The highest BCUT2D eigenvalue weighted by Crippen LogP contribution is 2.32. The molecule has 0 bridgehead atoms. The van der Waals surface area contributed by atoms with Gasteiger partial charge in [0.05, 0.1) is 5.69 Å². The van der Waals surface area contributed by atoms with E-state index in [4.69, 9.17) is 0 Å². The normalized spacial score (nSPS) is 20.6. The van der Waals surface area contributed by atoms with Crippen LogP contribution in [-0.4, -0.2) is 41.4 Å². The summed E-state index contributed by atoms with van der Waals surface area (Å²) in [7, 11) is 0. The van der Waals surface area contributed by atoms with E-state index in [-0.39, 0.29) is 12.2 Å². The summed E-state index contributed by atoms with van der Waals surface area (Å²) >= 11 is 3.30. The van der Waals surface area contributed by atoms with Crippen LogP contribution in [0, 0.1) is 5.82 Å². The Morgan fingerprint density at radius 3 is 2.61 bits per heavy atom. The standard InChI is InChI=1S/C18H13BrFN5O3/c19-10-4-6-13(7-5-10)25-17(27)15-16(18(25)28)24(23-22-15)9-14(26)21-12-3-1-2-11(20)8-12/h1-8,15-16H,9H2,(H,21,26). The number of carbonyl (C=O) groups is 3. The number of anilines is 2. The van der Waals surface area contributed by atoms with Gasteiger partial charge in [-0.3, -0.25) is 19.4 Å². The zero-order chi connectivity index (χ0) is 19.8. The molecule has 0 spiro atoms. The van der Waals surface area contributed by atoms with Crippen LogP contribution < -0.4 is 10.2 Å². The maximum atomic E-state index is 13.2. The molecule has 2 aromatic carbocycles. The number of amides is 3. The van der Waals surface area contributed by atoms with Gasteiger partial charge in [-0.15, -0.1) is 0 Å². The van der Waals surface area contributed by atoms with Crippen LogP contribution in [0.15, 0.2) is 63.3 Å². The lowest BCUT2D eigenvalue weighted by Gasteiger charge is -2.20. The van der Waals surface area contributed by atoms with Gasteiger partial charge in [-0.25, -0.2) is 9.29 Å². The van der Waals surface area contributed by atoms with Crippen molar-refractivity contribution >= 4 is 45.0 Å². The van der Waals surface area contributed by atoms with Crippen molar-refractivity contribution in [3.05, 3.63) is 58.8 Å². The Hall–Kier alpha value is -3.14. The number of halogens is 2. The van der Waals surface area contributed by atoms with Crippen molar-refractivity contribution in [3.63, 3.8) is 0 Å². The average Bonchev–Trinajstić information content (AvgIpc) is 3.16. The number of rotatable bonds is 4. The fourth-order valence-corrected chi connectivity index (χ4v) is 3.38. The summed E-state index contributed by atoms with van der Waals surface area (Å²) in [5, 5.41) is 11.4. The molecular weight excluding hydrogens is 433 g/mol. The minimum absolute atomic E-state index is 0.281. The van der Waals surface area contributed by atoms with Gasteiger partial charge in [0, 0.05) is 10.2 Å². The van der Waals surface area contributed by atoms with Crippen LogP contribution in [0.25, 0.3) is 0 Å². The molecule has 2 heterocycles. The van der Waals surface area contributed by atoms with Crippen molar-refractivity contribution in [2.24, 2.45) is 10.3 Å². The molecule has 2 aliphatic rings. The van der Waals surface area contributed by atoms with Crippen LogP contribution in [0.2, 0.25) is 0 Å². The summed E-state index contributed by atoms with van der Waals surface area (Å²) in [6, 6.07) is 10.2. The van der Waals surface area contributed by atoms with Gasteiger partial charge in [0.1, 0.15) is 12.4 Å². The Labute approximate surface area is 167 Å².